The summed E-state index contributed by atoms with van der Waals surface area (Å²) in [7, 11) is 0. The van der Waals surface area contributed by atoms with Gasteiger partial charge in [0, 0.05) is 22.6 Å². The number of aryl methyl sites for hydroxylation is 3. The first-order valence-corrected chi connectivity index (χ1v) is 8.08. The summed E-state index contributed by atoms with van der Waals surface area (Å²) in [4.78, 5) is 0. The molecule has 0 bridgehead atoms. The second-order valence-corrected chi connectivity index (χ2v) is 6.47. The largest absolute Gasteiger partial charge is 0.462 e. The van der Waals surface area contributed by atoms with E-state index in [2.05, 4.69) is 5.10 Å². The molecular formula is C18H18F7N3. The zero-order chi connectivity index (χ0) is 21.5. The molecule has 0 unspecified atom stereocenters. The molecule has 2 aromatic rings. The van der Waals surface area contributed by atoms with Gasteiger partial charge in [0.1, 0.15) is 0 Å². The number of hydrazone groups is 1. The van der Waals surface area contributed by atoms with Crippen molar-refractivity contribution in [2.45, 2.75) is 45.8 Å². The molecule has 0 saturated carbocycles. The van der Waals surface area contributed by atoms with Crippen LogP contribution >= 0.6 is 0 Å². The van der Waals surface area contributed by atoms with E-state index < -0.39 is 18.1 Å². The minimum absolute atomic E-state index is 0.288. The van der Waals surface area contributed by atoms with Gasteiger partial charge in [-0.15, -0.1) is 0 Å². The van der Waals surface area contributed by atoms with Gasteiger partial charge in [-0.2, -0.15) is 35.8 Å². The molecule has 0 amide bonds. The topological polar surface area (TPSA) is 29.3 Å². The molecule has 1 aromatic carbocycles. The molecule has 0 aliphatic heterocycles. The summed E-state index contributed by atoms with van der Waals surface area (Å²) in [5, 5.41) is 2.92. The maximum absolute atomic E-state index is 13.2. The Labute approximate surface area is 156 Å². The van der Waals surface area contributed by atoms with Crippen LogP contribution in [0.5, 0.6) is 0 Å². The maximum Gasteiger partial charge on any atom is 0.462 e. The zero-order valence-electron chi connectivity index (χ0n) is 15.4. The molecule has 154 valence electrons. The van der Waals surface area contributed by atoms with Crippen LogP contribution in [0.1, 0.15) is 28.1 Å². The van der Waals surface area contributed by atoms with E-state index in [1.807, 2.05) is 32.0 Å². The van der Waals surface area contributed by atoms with E-state index in [4.69, 9.17) is 0 Å². The Kier molecular flexibility index (Phi) is 5.55. The van der Waals surface area contributed by atoms with Crippen molar-refractivity contribution in [3.63, 3.8) is 0 Å². The Morgan fingerprint density at radius 3 is 2.07 bits per heavy atom. The van der Waals surface area contributed by atoms with Crippen molar-refractivity contribution in [3.8, 4) is 5.69 Å². The molecule has 10 heteroatoms. The van der Waals surface area contributed by atoms with E-state index >= 15 is 0 Å². The second kappa shape index (κ2) is 7.14. The first kappa shape index (κ1) is 21.8. The van der Waals surface area contributed by atoms with Crippen LogP contribution < -0.4 is 5.43 Å². The van der Waals surface area contributed by atoms with Crippen molar-refractivity contribution in [2.75, 3.05) is 0 Å². The third-order valence-electron chi connectivity index (χ3n) is 4.22. The van der Waals surface area contributed by atoms with Crippen LogP contribution in [0, 0.1) is 27.7 Å². The highest BCUT2D eigenvalue weighted by Gasteiger charge is 2.73. The molecule has 28 heavy (non-hydrogen) atoms. The quantitative estimate of drug-likeness (QED) is 0.304. The van der Waals surface area contributed by atoms with Gasteiger partial charge in [0.25, 0.3) is 0 Å². The number of hydrogen-bond donors (Lipinski definition) is 1. The lowest BCUT2D eigenvalue weighted by Gasteiger charge is -2.27. The monoisotopic (exact) mass is 409 g/mol. The summed E-state index contributed by atoms with van der Waals surface area (Å²) in [6.45, 7) is 7.20. The molecule has 1 aromatic heterocycles. The third kappa shape index (κ3) is 3.85. The molecule has 1 heterocycles. The van der Waals surface area contributed by atoms with Crippen molar-refractivity contribution < 1.29 is 30.7 Å². The fourth-order valence-corrected chi connectivity index (χ4v) is 2.78. The van der Waals surface area contributed by atoms with Gasteiger partial charge in [-0.25, -0.2) is 5.43 Å². The highest BCUT2D eigenvalue weighted by Crippen LogP contribution is 2.45. The van der Waals surface area contributed by atoms with E-state index in [0.29, 0.717) is 16.8 Å². The first-order chi connectivity index (χ1) is 12.7. The summed E-state index contributed by atoms with van der Waals surface area (Å²) < 4.78 is 90.4. The summed E-state index contributed by atoms with van der Waals surface area (Å²) >= 11 is 0. The second-order valence-electron chi connectivity index (χ2n) is 6.47. The number of nitrogens with zero attached hydrogens (tertiary/aromatic N) is 2. The lowest BCUT2D eigenvalue weighted by Crippen LogP contribution is -2.58. The number of alkyl halides is 7. The molecule has 0 saturated heterocycles. The Bertz CT molecular complexity index is 895. The van der Waals surface area contributed by atoms with E-state index in [-0.39, 0.29) is 5.56 Å². The van der Waals surface area contributed by atoms with Gasteiger partial charge in [-0.3, -0.25) is 0 Å². The number of rotatable bonds is 5. The van der Waals surface area contributed by atoms with Gasteiger partial charge in [0.2, 0.25) is 0 Å². The van der Waals surface area contributed by atoms with Crippen molar-refractivity contribution >= 4 is 6.21 Å². The molecule has 0 aliphatic rings. The molecule has 3 nitrogen and oxygen atoms in total. The van der Waals surface area contributed by atoms with Crippen molar-refractivity contribution in [2.24, 2.45) is 5.10 Å². The number of hydrogen-bond acceptors (Lipinski definition) is 2. The number of nitrogens with one attached hydrogen (secondary N) is 1. The maximum atomic E-state index is 13.2. The Morgan fingerprint density at radius 2 is 1.54 bits per heavy atom. The molecule has 0 aliphatic carbocycles. The number of halogens is 7. The zero-order valence-corrected chi connectivity index (χ0v) is 15.4. The molecule has 1 N–H and O–H groups in total. The third-order valence-corrected chi connectivity index (χ3v) is 4.22. The predicted molar refractivity (Wildman–Crippen MR) is 91.4 cm³/mol. The van der Waals surface area contributed by atoms with Gasteiger partial charge >= 0.3 is 18.1 Å². The van der Waals surface area contributed by atoms with Gasteiger partial charge < -0.3 is 4.57 Å². The van der Waals surface area contributed by atoms with Crippen molar-refractivity contribution in [3.05, 3.63) is 52.3 Å². The van der Waals surface area contributed by atoms with Crippen LogP contribution in [0.3, 0.4) is 0 Å². The average Bonchev–Trinajstić information content (AvgIpc) is 2.81. The molecule has 0 atom stereocenters. The van der Waals surface area contributed by atoms with Gasteiger partial charge in [-0.05, 0) is 45.4 Å². The molecule has 0 fully saturated rings. The highest BCUT2D eigenvalue weighted by atomic mass is 19.4. The SMILES string of the molecule is Cc1ccc(-n2c(C)cc(/C=N/NC(F)(F)C(F)(F)C(F)(F)F)c2C)c(C)c1. The standard InChI is InChI=1S/C18H18F7N3/c1-10-5-6-15(11(2)7-10)28-12(3)8-14(13(28)4)9-26-27-18(24,25)16(19,20)17(21,22)23/h5-9,27H,1-4H3/b26-9+. The molecule has 0 spiro atoms. The van der Waals surface area contributed by atoms with E-state index in [1.165, 1.54) is 0 Å². The average molecular weight is 409 g/mol. The van der Waals surface area contributed by atoms with Crippen LogP contribution in [0.2, 0.25) is 0 Å². The van der Waals surface area contributed by atoms with Crippen molar-refractivity contribution in [1.29, 1.82) is 0 Å². The molecular weight excluding hydrogens is 391 g/mol. The Balaban J connectivity index is 2.31. The van der Waals surface area contributed by atoms with Gasteiger partial charge in [-0.1, -0.05) is 17.7 Å². The molecule has 0 radical (unpaired) electrons. The number of aromatic nitrogens is 1. The minimum atomic E-state index is -6.42. The Morgan fingerprint density at radius 1 is 0.929 bits per heavy atom. The summed E-state index contributed by atoms with van der Waals surface area (Å²) in [5.41, 5.74) is 4.99. The van der Waals surface area contributed by atoms with E-state index in [9.17, 15) is 30.7 Å². The van der Waals surface area contributed by atoms with Gasteiger partial charge in [0.05, 0.1) is 6.21 Å². The summed E-state index contributed by atoms with van der Waals surface area (Å²) in [5.74, 6) is -6.27. The fourth-order valence-electron chi connectivity index (χ4n) is 2.78. The lowest BCUT2D eigenvalue weighted by atomic mass is 10.1. The van der Waals surface area contributed by atoms with E-state index in [1.54, 1.807) is 24.5 Å². The van der Waals surface area contributed by atoms with Crippen LogP contribution in [-0.4, -0.2) is 28.9 Å². The Hall–Kier alpha value is -2.52. The van der Waals surface area contributed by atoms with Crippen molar-refractivity contribution in [1.82, 2.24) is 9.99 Å². The summed E-state index contributed by atoms with van der Waals surface area (Å²) in [6, 6.07) is 1.65. The van der Waals surface area contributed by atoms with Crippen LogP contribution in [-0.2, 0) is 0 Å². The molecule has 2 rings (SSSR count). The van der Waals surface area contributed by atoms with Crippen LogP contribution in [0.25, 0.3) is 5.69 Å². The normalized spacial score (nSPS) is 13.4. The first-order valence-electron chi connectivity index (χ1n) is 8.08. The predicted octanol–water partition coefficient (Wildman–Crippen LogP) is 5.42. The minimum Gasteiger partial charge on any atom is -0.318 e. The van der Waals surface area contributed by atoms with Crippen LogP contribution in [0.4, 0.5) is 30.7 Å². The van der Waals surface area contributed by atoms with E-state index in [0.717, 1.165) is 23.0 Å². The smallest absolute Gasteiger partial charge is 0.318 e. The number of benzene rings is 1. The summed E-state index contributed by atoms with van der Waals surface area (Å²) in [6.07, 6.45) is -5.64. The van der Waals surface area contributed by atoms with Crippen LogP contribution in [0.15, 0.2) is 29.4 Å². The fraction of sp³-hybridized carbons (Fsp3) is 0.389. The van der Waals surface area contributed by atoms with Gasteiger partial charge in [0.15, 0.2) is 0 Å². The highest BCUT2D eigenvalue weighted by molar-refractivity contribution is 5.82. The lowest BCUT2D eigenvalue weighted by molar-refractivity contribution is -0.361.